The number of amides is 1. The minimum Gasteiger partial charge on any atom is -0.497 e. The van der Waals surface area contributed by atoms with E-state index in [4.69, 9.17) is 4.74 Å². The van der Waals surface area contributed by atoms with Crippen LogP contribution in [0.15, 0.2) is 88.9 Å². The molecule has 0 bridgehead atoms. The van der Waals surface area contributed by atoms with Gasteiger partial charge in [0.1, 0.15) is 5.75 Å². The van der Waals surface area contributed by atoms with Crippen molar-refractivity contribution < 1.29 is 17.9 Å². The summed E-state index contributed by atoms with van der Waals surface area (Å²) in [7, 11) is -2.17. The molecular weight excluding hydrogens is 438 g/mol. The van der Waals surface area contributed by atoms with Crippen LogP contribution in [0.1, 0.15) is 36.9 Å². The highest BCUT2D eigenvalue weighted by Crippen LogP contribution is 2.35. The van der Waals surface area contributed by atoms with E-state index in [9.17, 15) is 13.2 Å². The molecule has 0 radical (unpaired) electrons. The molecule has 1 atom stereocenters. The largest absolute Gasteiger partial charge is 0.497 e. The lowest BCUT2D eigenvalue weighted by atomic mass is 9.97. The fraction of sp³-hybridized carbons (Fsp3) is 0.200. The number of methoxy groups -OCH3 is 1. The van der Waals surface area contributed by atoms with Gasteiger partial charge in [-0.2, -0.15) is 5.10 Å². The normalized spacial score (nSPS) is 15.8. The van der Waals surface area contributed by atoms with E-state index in [1.807, 2.05) is 36.4 Å². The fourth-order valence-corrected chi connectivity index (χ4v) is 4.88. The fourth-order valence-electron chi connectivity index (χ4n) is 3.78. The molecule has 0 spiro atoms. The molecule has 0 saturated heterocycles. The second kappa shape index (κ2) is 9.46. The van der Waals surface area contributed by atoms with E-state index in [2.05, 4.69) is 9.82 Å². The van der Waals surface area contributed by atoms with Crippen LogP contribution < -0.4 is 9.46 Å². The Morgan fingerprint density at radius 3 is 2.36 bits per heavy atom. The van der Waals surface area contributed by atoms with Gasteiger partial charge >= 0.3 is 0 Å². The summed E-state index contributed by atoms with van der Waals surface area (Å²) in [6.45, 7) is 1.79. The molecule has 1 heterocycles. The predicted molar refractivity (Wildman–Crippen MR) is 128 cm³/mol. The Morgan fingerprint density at radius 1 is 1.03 bits per heavy atom. The molecule has 0 aromatic heterocycles. The maximum absolute atomic E-state index is 12.9. The number of carbonyl (C=O) groups excluding carboxylic acids is 1. The number of para-hydroxylation sites is 1. The number of benzene rings is 3. The van der Waals surface area contributed by atoms with Crippen molar-refractivity contribution in [1.82, 2.24) is 5.01 Å². The maximum Gasteiger partial charge on any atom is 0.261 e. The molecule has 8 heteroatoms. The molecule has 1 N–H and O–H groups in total. The van der Waals surface area contributed by atoms with Crippen LogP contribution >= 0.6 is 0 Å². The van der Waals surface area contributed by atoms with Gasteiger partial charge < -0.3 is 4.74 Å². The van der Waals surface area contributed by atoms with Gasteiger partial charge in [0.25, 0.3) is 10.0 Å². The number of hydrazone groups is 1. The van der Waals surface area contributed by atoms with Crippen molar-refractivity contribution in [3.05, 3.63) is 90.0 Å². The minimum absolute atomic E-state index is 0.104. The van der Waals surface area contributed by atoms with E-state index in [-0.39, 0.29) is 16.8 Å². The van der Waals surface area contributed by atoms with Crippen LogP contribution in [0.5, 0.6) is 5.75 Å². The second-order valence-electron chi connectivity index (χ2n) is 7.60. The van der Waals surface area contributed by atoms with Crippen LogP contribution in [0.25, 0.3) is 0 Å². The van der Waals surface area contributed by atoms with Crippen LogP contribution in [0, 0.1) is 0 Å². The van der Waals surface area contributed by atoms with Crippen LogP contribution in [0.4, 0.5) is 5.69 Å². The standard InChI is InChI=1S/C25H25N3O4S/c1-3-25(29)28-24(18-13-15-19(32-2)16-14-18)17-23(26-28)21-11-7-8-12-22(21)27-33(30,31)20-9-5-4-6-10-20/h4-16,24,27H,3,17H2,1-2H3. The van der Waals surface area contributed by atoms with Crippen molar-refractivity contribution >= 4 is 27.3 Å². The quantitative estimate of drug-likeness (QED) is 0.555. The van der Waals surface area contributed by atoms with Gasteiger partial charge in [0.2, 0.25) is 5.91 Å². The summed E-state index contributed by atoms with van der Waals surface area (Å²) >= 11 is 0. The highest BCUT2D eigenvalue weighted by atomic mass is 32.2. The van der Waals surface area contributed by atoms with Crippen molar-refractivity contribution in [2.75, 3.05) is 11.8 Å². The van der Waals surface area contributed by atoms with Crippen molar-refractivity contribution in [3.63, 3.8) is 0 Å². The summed E-state index contributed by atoms with van der Waals surface area (Å²) < 4.78 is 33.7. The summed E-state index contributed by atoms with van der Waals surface area (Å²) in [4.78, 5) is 12.9. The molecule has 3 aromatic rings. The minimum atomic E-state index is -3.77. The van der Waals surface area contributed by atoms with E-state index in [1.54, 1.807) is 56.5 Å². The van der Waals surface area contributed by atoms with Crippen molar-refractivity contribution in [3.8, 4) is 5.75 Å². The molecule has 1 aliphatic rings. The topological polar surface area (TPSA) is 88.1 Å². The second-order valence-corrected chi connectivity index (χ2v) is 9.28. The molecule has 4 rings (SSSR count). The monoisotopic (exact) mass is 463 g/mol. The number of hydrogen-bond donors (Lipinski definition) is 1. The Morgan fingerprint density at radius 2 is 1.70 bits per heavy atom. The third kappa shape index (κ3) is 4.75. The van der Waals surface area contributed by atoms with Crippen molar-refractivity contribution in [2.45, 2.75) is 30.7 Å². The zero-order valence-electron chi connectivity index (χ0n) is 18.4. The number of ether oxygens (including phenoxy) is 1. The van der Waals surface area contributed by atoms with Gasteiger partial charge in [-0.1, -0.05) is 55.5 Å². The highest BCUT2D eigenvalue weighted by molar-refractivity contribution is 7.92. The molecule has 0 aliphatic carbocycles. The summed E-state index contributed by atoms with van der Waals surface area (Å²) in [5.74, 6) is 0.625. The zero-order valence-corrected chi connectivity index (χ0v) is 19.2. The first-order chi connectivity index (χ1) is 15.9. The molecule has 33 heavy (non-hydrogen) atoms. The third-order valence-corrected chi connectivity index (χ3v) is 6.89. The van der Waals surface area contributed by atoms with E-state index in [0.29, 0.717) is 29.8 Å². The van der Waals surface area contributed by atoms with Gasteiger partial charge in [0, 0.05) is 18.4 Å². The Hall–Kier alpha value is -3.65. The Labute approximate surface area is 193 Å². The number of sulfonamides is 1. The lowest BCUT2D eigenvalue weighted by molar-refractivity contribution is -0.132. The summed E-state index contributed by atoms with van der Waals surface area (Å²) in [6.07, 6.45) is 0.772. The first kappa shape index (κ1) is 22.5. The predicted octanol–water partition coefficient (Wildman–Crippen LogP) is 4.58. The maximum atomic E-state index is 12.9. The highest BCUT2D eigenvalue weighted by Gasteiger charge is 2.33. The van der Waals surface area contributed by atoms with Crippen LogP contribution in [-0.4, -0.2) is 32.2 Å². The molecule has 0 saturated carbocycles. The number of carbonyl (C=O) groups is 1. The van der Waals surface area contributed by atoms with Gasteiger partial charge in [0.15, 0.2) is 0 Å². The first-order valence-electron chi connectivity index (χ1n) is 10.6. The number of anilines is 1. The Bertz CT molecular complexity index is 1270. The molecule has 1 amide bonds. The molecule has 7 nitrogen and oxygen atoms in total. The molecule has 170 valence electrons. The SMILES string of the molecule is CCC(=O)N1N=C(c2ccccc2NS(=O)(=O)c2ccccc2)CC1c1ccc(OC)cc1. The molecular formula is C25H25N3O4S. The van der Waals surface area contributed by atoms with Crippen LogP contribution in [-0.2, 0) is 14.8 Å². The van der Waals surface area contributed by atoms with E-state index in [0.717, 1.165) is 11.3 Å². The molecule has 1 unspecified atom stereocenters. The first-order valence-corrected chi connectivity index (χ1v) is 12.1. The van der Waals surface area contributed by atoms with Gasteiger partial charge in [-0.05, 0) is 35.9 Å². The van der Waals surface area contributed by atoms with Gasteiger partial charge in [-0.15, -0.1) is 0 Å². The number of nitrogens with one attached hydrogen (secondary N) is 1. The van der Waals surface area contributed by atoms with Gasteiger partial charge in [-0.3, -0.25) is 9.52 Å². The van der Waals surface area contributed by atoms with Crippen molar-refractivity contribution in [2.24, 2.45) is 5.10 Å². The van der Waals surface area contributed by atoms with E-state index in [1.165, 1.54) is 5.01 Å². The van der Waals surface area contributed by atoms with E-state index < -0.39 is 10.0 Å². The average molecular weight is 464 g/mol. The summed E-state index contributed by atoms with van der Waals surface area (Å²) in [6, 6.07) is 22.6. The van der Waals surface area contributed by atoms with E-state index >= 15 is 0 Å². The Kier molecular flexibility index (Phi) is 6.46. The smallest absolute Gasteiger partial charge is 0.261 e. The summed E-state index contributed by atoms with van der Waals surface area (Å²) in [5, 5.41) is 6.13. The molecule has 3 aromatic carbocycles. The van der Waals surface area contributed by atoms with Crippen LogP contribution in [0.3, 0.4) is 0 Å². The number of nitrogens with zero attached hydrogens (tertiary/aromatic N) is 2. The lowest BCUT2D eigenvalue weighted by Crippen LogP contribution is -2.26. The Balaban J connectivity index is 1.68. The van der Waals surface area contributed by atoms with Crippen LogP contribution in [0.2, 0.25) is 0 Å². The zero-order chi connectivity index (χ0) is 23.4. The van der Waals surface area contributed by atoms with Crippen molar-refractivity contribution in [1.29, 1.82) is 0 Å². The molecule has 0 fully saturated rings. The summed E-state index contributed by atoms with van der Waals surface area (Å²) in [5.41, 5.74) is 2.63. The van der Waals surface area contributed by atoms with Gasteiger partial charge in [-0.25, -0.2) is 13.4 Å². The van der Waals surface area contributed by atoms with Gasteiger partial charge in [0.05, 0.1) is 29.4 Å². The number of rotatable bonds is 7. The average Bonchev–Trinajstić information content (AvgIpc) is 3.29. The lowest BCUT2D eigenvalue weighted by Gasteiger charge is -2.21. The third-order valence-electron chi connectivity index (χ3n) is 5.50. The molecule has 1 aliphatic heterocycles. The number of hydrogen-bond acceptors (Lipinski definition) is 5.